The number of carbonyl (C=O) groups is 1. The van der Waals surface area contributed by atoms with Crippen LogP contribution in [0.2, 0.25) is 5.02 Å². The highest BCUT2D eigenvalue weighted by atomic mass is 79.9. The maximum Gasteiger partial charge on any atom is 0.254 e. The third-order valence-electron chi connectivity index (χ3n) is 5.06. The van der Waals surface area contributed by atoms with Gasteiger partial charge in [0.2, 0.25) is 0 Å². The molecule has 1 fully saturated rings. The van der Waals surface area contributed by atoms with E-state index in [1.54, 1.807) is 26.4 Å². The van der Waals surface area contributed by atoms with Gasteiger partial charge in [-0.15, -0.1) is 0 Å². The second-order valence-corrected chi connectivity index (χ2v) is 8.24. The second kappa shape index (κ2) is 10.4. The van der Waals surface area contributed by atoms with Crippen LogP contribution < -0.4 is 14.2 Å². The molecule has 0 aliphatic carbocycles. The lowest BCUT2D eigenvalue weighted by molar-refractivity contribution is 0.0627. The first-order valence-corrected chi connectivity index (χ1v) is 11.0. The van der Waals surface area contributed by atoms with E-state index in [1.165, 1.54) is 0 Å². The van der Waals surface area contributed by atoms with Crippen LogP contribution in [0, 0.1) is 0 Å². The summed E-state index contributed by atoms with van der Waals surface area (Å²) in [5, 5.41) is 0.689. The smallest absolute Gasteiger partial charge is 0.254 e. The molecule has 3 rings (SSSR count). The van der Waals surface area contributed by atoms with E-state index < -0.39 is 0 Å². The molecular formula is C22H26BrClN2O4. The SMILES string of the molecule is CCOc1c(Br)cc(C(=O)N2CCN(Cc3cc(Cl)ccc3OC)CC2)cc1OC. The second-order valence-electron chi connectivity index (χ2n) is 6.95. The summed E-state index contributed by atoms with van der Waals surface area (Å²) in [6.07, 6.45) is 0. The predicted molar refractivity (Wildman–Crippen MR) is 121 cm³/mol. The van der Waals surface area contributed by atoms with E-state index in [9.17, 15) is 4.79 Å². The van der Waals surface area contributed by atoms with Crippen LogP contribution in [0.5, 0.6) is 17.2 Å². The Morgan fingerprint density at radius 3 is 2.40 bits per heavy atom. The zero-order valence-electron chi connectivity index (χ0n) is 17.4. The number of methoxy groups -OCH3 is 2. The van der Waals surface area contributed by atoms with Crippen molar-refractivity contribution in [3.8, 4) is 17.2 Å². The maximum atomic E-state index is 13.1. The van der Waals surface area contributed by atoms with E-state index >= 15 is 0 Å². The molecule has 2 aromatic carbocycles. The summed E-state index contributed by atoms with van der Waals surface area (Å²) in [5.41, 5.74) is 1.62. The molecule has 162 valence electrons. The summed E-state index contributed by atoms with van der Waals surface area (Å²) in [5.74, 6) is 1.96. The zero-order valence-corrected chi connectivity index (χ0v) is 19.8. The van der Waals surface area contributed by atoms with Crippen molar-refractivity contribution in [2.45, 2.75) is 13.5 Å². The van der Waals surface area contributed by atoms with Gasteiger partial charge >= 0.3 is 0 Å². The van der Waals surface area contributed by atoms with E-state index in [1.807, 2.05) is 30.0 Å². The van der Waals surface area contributed by atoms with Gasteiger partial charge in [-0.05, 0) is 53.2 Å². The quantitative estimate of drug-likeness (QED) is 0.565. The molecule has 1 saturated heterocycles. The van der Waals surface area contributed by atoms with E-state index in [-0.39, 0.29) is 5.91 Å². The van der Waals surface area contributed by atoms with Crippen LogP contribution in [0.1, 0.15) is 22.8 Å². The van der Waals surface area contributed by atoms with Gasteiger partial charge in [-0.3, -0.25) is 9.69 Å². The number of nitrogens with zero attached hydrogens (tertiary/aromatic N) is 2. The lowest BCUT2D eigenvalue weighted by Gasteiger charge is -2.35. The Balaban J connectivity index is 1.66. The van der Waals surface area contributed by atoms with Gasteiger partial charge < -0.3 is 19.1 Å². The number of rotatable bonds is 7. The number of piperazine rings is 1. The molecule has 0 N–H and O–H groups in total. The summed E-state index contributed by atoms with van der Waals surface area (Å²) in [6, 6.07) is 9.17. The van der Waals surface area contributed by atoms with Crippen molar-refractivity contribution in [2.24, 2.45) is 0 Å². The van der Waals surface area contributed by atoms with Crippen molar-refractivity contribution in [2.75, 3.05) is 47.0 Å². The number of amides is 1. The number of halogens is 2. The van der Waals surface area contributed by atoms with Gasteiger partial charge in [-0.1, -0.05) is 11.6 Å². The average Bonchev–Trinajstić information content (AvgIpc) is 2.75. The highest BCUT2D eigenvalue weighted by Crippen LogP contribution is 2.37. The first kappa shape index (κ1) is 22.7. The highest BCUT2D eigenvalue weighted by Gasteiger charge is 2.24. The predicted octanol–water partition coefficient (Wildman–Crippen LogP) is 4.48. The fourth-order valence-corrected chi connectivity index (χ4v) is 4.28. The normalized spacial score (nSPS) is 14.5. The van der Waals surface area contributed by atoms with E-state index in [0.717, 1.165) is 30.9 Å². The molecule has 0 spiro atoms. The lowest BCUT2D eigenvalue weighted by atomic mass is 10.1. The highest BCUT2D eigenvalue weighted by molar-refractivity contribution is 9.10. The summed E-state index contributed by atoms with van der Waals surface area (Å²) >= 11 is 9.63. The first-order chi connectivity index (χ1) is 14.5. The van der Waals surface area contributed by atoms with E-state index in [2.05, 4.69) is 20.8 Å². The van der Waals surface area contributed by atoms with E-state index in [4.69, 9.17) is 25.8 Å². The number of hydrogen-bond donors (Lipinski definition) is 0. The fourth-order valence-electron chi connectivity index (χ4n) is 3.53. The van der Waals surface area contributed by atoms with Crippen LogP contribution in [0.25, 0.3) is 0 Å². The van der Waals surface area contributed by atoms with Gasteiger partial charge in [0, 0.05) is 48.9 Å². The van der Waals surface area contributed by atoms with Crippen molar-refractivity contribution in [1.29, 1.82) is 0 Å². The molecule has 1 amide bonds. The van der Waals surface area contributed by atoms with Gasteiger partial charge in [0.1, 0.15) is 5.75 Å². The molecule has 0 bridgehead atoms. The minimum Gasteiger partial charge on any atom is -0.496 e. The molecule has 1 heterocycles. The Morgan fingerprint density at radius 1 is 1.07 bits per heavy atom. The largest absolute Gasteiger partial charge is 0.496 e. The molecule has 0 saturated carbocycles. The molecule has 6 nitrogen and oxygen atoms in total. The molecule has 8 heteroatoms. The van der Waals surface area contributed by atoms with Gasteiger partial charge in [0.15, 0.2) is 11.5 Å². The van der Waals surface area contributed by atoms with Crippen LogP contribution in [0.3, 0.4) is 0 Å². The van der Waals surface area contributed by atoms with Crippen molar-refractivity contribution in [1.82, 2.24) is 9.80 Å². The third kappa shape index (κ3) is 5.20. The van der Waals surface area contributed by atoms with Crippen LogP contribution in [0.15, 0.2) is 34.8 Å². The van der Waals surface area contributed by atoms with Crippen molar-refractivity contribution in [3.05, 3.63) is 51.0 Å². The van der Waals surface area contributed by atoms with E-state index in [0.29, 0.717) is 46.3 Å². The molecule has 1 aliphatic heterocycles. The maximum absolute atomic E-state index is 13.1. The van der Waals surface area contributed by atoms with Crippen molar-refractivity contribution >= 4 is 33.4 Å². The summed E-state index contributed by atoms with van der Waals surface area (Å²) in [7, 11) is 3.23. The first-order valence-electron chi connectivity index (χ1n) is 9.81. The molecule has 2 aromatic rings. The summed E-state index contributed by atoms with van der Waals surface area (Å²) in [6.45, 7) is 6.00. The third-order valence-corrected chi connectivity index (χ3v) is 5.89. The molecular weight excluding hydrogens is 472 g/mol. The number of ether oxygens (including phenoxy) is 3. The minimum atomic E-state index is -0.0166. The lowest BCUT2D eigenvalue weighted by Crippen LogP contribution is -2.48. The molecule has 30 heavy (non-hydrogen) atoms. The Labute approximate surface area is 190 Å². The van der Waals surface area contributed by atoms with Crippen molar-refractivity contribution < 1.29 is 19.0 Å². The Bertz CT molecular complexity index is 901. The Kier molecular flexibility index (Phi) is 7.86. The molecule has 0 atom stereocenters. The van der Waals surface area contributed by atoms with Crippen molar-refractivity contribution in [3.63, 3.8) is 0 Å². The van der Waals surface area contributed by atoms with Crippen LogP contribution >= 0.6 is 27.5 Å². The standard InChI is InChI=1S/C22H26BrClN2O4/c1-4-30-21-18(23)12-15(13-20(21)29-3)22(27)26-9-7-25(8-10-26)14-16-11-17(24)5-6-19(16)28-2/h5-6,11-13H,4,7-10,14H2,1-3H3. The van der Waals surface area contributed by atoms with Gasteiger partial charge in [-0.2, -0.15) is 0 Å². The minimum absolute atomic E-state index is 0.0166. The zero-order chi connectivity index (χ0) is 21.7. The molecule has 0 radical (unpaired) electrons. The fraction of sp³-hybridized carbons (Fsp3) is 0.409. The van der Waals surface area contributed by atoms with Gasteiger partial charge in [0.05, 0.1) is 25.3 Å². The van der Waals surface area contributed by atoms with Crippen LogP contribution in [0.4, 0.5) is 0 Å². The monoisotopic (exact) mass is 496 g/mol. The number of hydrogen-bond acceptors (Lipinski definition) is 5. The summed E-state index contributed by atoms with van der Waals surface area (Å²) in [4.78, 5) is 17.2. The van der Waals surface area contributed by atoms with Gasteiger partial charge in [-0.25, -0.2) is 0 Å². The number of benzene rings is 2. The average molecular weight is 498 g/mol. The van der Waals surface area contributed by atoms with Gasteiger partial charge in [0.25, 0.3) is 5.91 Å². The van der Waals surface area contributed by atoms with Crippen LogP contribution in [-0.2, 0) is 6.54 Å². The molecule has 1 aliphatic rings. The topological polar surface area (TPSA) is 51.2 Å². The van der Waals surface area contributed by atoms with Crippen LogP contribution in [-0.4, -0.2) is 62.7 Å². The Morgan fingerprint density at radius 2 is 1.77 bits per heavy atom. The Hall–Kier alpha value is -1.96. The number of carbonyl (C=O) groups excluding carboxylic acids is 1. The summed E-state index contributed by atoms with van der Waals surface area (Å²) < 4.78 is 17.2. The molecule has 0 aromatic heterocycles. The molecule has 0 unspecified atom stereocenters.